The molecule has 7 heteroatoms. The summed E-state index contributed by atoms with van der Waals surface area (Å²) in [7, 11) is 0. The van der Waals surface area contributed by atoms with Gasteiger partial charge in [-0.3, -0.25) is 14.5 Å². The van der Waals surface area contributed by atoms with E-state index < -0.39 is 0 Å². The van der Waals surface area contributed by atoms with Crippen molar-refractivity contribution >= 4 is 40.7 Å². The molecule has 1 saturated carbocycles. The third kappa shape index (κ3) is 6.76. The number of fused-ring (bicyclic) bond motifs is 1. The number of hydrogen-bond donors (Lipinski definition) is 0. The largest absolute Gasteiger partial charge is 0.337 e. The summed E-state index contributed by atoms with van der Waals surface area (Å²) in [6, 6.07) is 23.6. The highest BCUT2D eigenvalue weighted by atomic mass is 35.5. The van der Waals surface area contributed by atoms with Crippen molar-refractivity contribution in [3.63, 3.8) is 0 Å². The number of hydrogen-bond acceptors (Lipinski definition) is 3. The molecule has 1 aliphatic carbocycles. The second kappa shape index (κ2) is 12.3. The number of anilines is 1. The minimum Gasteiger partial charge on any atom is -0.337 e. The highest BCUT2D eigenvalue weighted by Gasteiger charge is 2.35. The van der Waals surface area contributed by atoms with Gasteiger partial charge in [-0.05, 0) is 54.2 Å². The number of amides is 2. The molecule has 38 heavy (non-hydrogen) atoms. The van der Waals surface area contributed by atoms with Crippen molar-refractivity contribution in [1.29, 1.82) is 0 Å². The number of benzene rings is 3. The lowest BCUT2D eigenvalue weighted by atomic mass is 10.1. The van der Waals surface area contributed by atoms with Crippen LogP contribution in [0, 0.1) is 5.92 Å². The maximum absolute atomic E-state index is 13.7. The highest BCUT2D eigenvalue weighted by Crippen LogP contribution is 2.35. The number of carbonyl (C=O) groups is 2. The Bertz CT molecular complexity index is 1280. The maximum Gasteiger partial charge on any atom is 0.230 e. The molecule has 5 rings (SSSR count). The second-order valence-electron chi connectivity index (χ2n) is 10.2. The van der Waals surface area contributed by atoms with Crippen LogP contribution in [0.1, 0.15) is 36.0 Å². The normalized spacial score (nSPS) is 17.0. The topological polar surface area (TPSA) is 43.9 Å². The van der Waals surface area contributed by atoms with Gasteiger partial charge < -0.3 is 9.80 Å². The standard InChI is InChI=1S/C31H33Cl2N3O2/c32-27-14-13-26-22-35(30(37)19-25-9-4-5-10-28(25)33)18-17-34(21-23-7-2-1-3-8-23)15-6-16-36(29(26)20-27)31(38)24-11-12-24/h1-5,7-10,13-14,20,24H,6,11-12,15-19,21-22H2. The van der Waals surface area contributed by atoms with E-state index in [0.29, 0.717) is 29.7 Å². The molecule has 0 unspecified atom stereocenters. The smallest absolute Gasteiger partial charge is 0.230 e. The van der Waals surface area contributed by atoms with Crippen LogP contribution in [0.3, 0.4) is 0 Å². The van der Waals surface area contributed by atoms with Gasteiger partial charge in [-0.25, -0.2) is 0 Å². The number of carbonyl (C=O) groups excluding carboxylic acids is 2. The molecule has 1 aliphatic heterocycles. The number of rotatable bonds is 5. The summed E-state index contributed by atoms with van der Waals surface area (Å²) in [6.07, 6.45) is 2.94. The lowest BCUT2D eigenvalue weighted by Gasteiger charge is -2.28. The summed E-state index contributed by atoms with van der Waals surface area (Å²) in [4.78, 5) is 33.3. The molecule has 2 aliphatic rings. The van der Waals surface area contributed by atoms with Crippen LogP contribution in [0.5, 0.6) is 0 Å². The first-order valence-electron chi connectivity index (χ1n) is 13.3. The molecular formula is C31H33Cl2N3O2. The summed E-state index contributed by atoms with van der Waals surface area (Å²) in [5, 5.41) is 1.18. The summed E-state index contributed by atoms with van der Waals surface area (Å²) < 4.78 is 0. The van der Waals surface area contributed by atoms with Crippen molar-refractivity contribution in [2.75, 3.05) is 31.1 Å². The van der Waals surface area contributed by atoms with Crippen LogP contribution < -0.4 is 4.90 Å². The minimum atomic E-state index is 0.0120. The van der Waals surface area contributed by atoms with E-state index in [2.05, 4.69) is 29.2 Å². The fourth-order valence-electron chi connectivity index (χ4n) is 5.06. The summed E-state index contributed by atoms with van der Waals surface area (Å²) in [5.74, 6) is 0.264. The zero-order valence-electron chi connectivity index (χ0n) is 21.5. The van der Waals surface area contributed by atoms with E-state index in [0.717, 1.165) is 55.7 Å². The molecular weight excluding hydrogens is 517 g/mol. The fraction of sp³-hybridized carbons (Fsp3) is 0.355. The van der Waals surface area contributed by atoms with Gasteiger partial charge >= 0.3 is 0 Å². The van der Waals surface area contributed by atoms with Crippen LogP contribution in [-0.4, -0.2) is 47.8 Å². The average molecular weight is 551 g/mol. The molecule has 0 radical (unpaired) electrons. The van der Waals surface area contributed by atoms with E-state index >= 15 is 0 Å². The Labute approximate surface area is 234 Å². The Morgan fingerprint density at radius 3 is 2.37 bits per heavy atom. The van der Waals surface area contributed by atoms with Crippen molar-refractivity contribution < 1.29 is 9.59 Å². The van der Waals surface area contributed by atoms with E-state index in [9.17, 15) is 9.59 Å². The summed E-state index contributed by atoms with van der Waals surface area (Å²) >= 11 is 12.8. The van der Waals surface area contributed by atoms with Crippen LogP contribution in [0.4, 0.5) is 5.69 Å². The zero-order valence-corrected chi connectivity index (χ0v) is 23.0. The molecule has 1 heterocycles. The Balaban J connectivity index is 1.46. The van der Waals surface area contributed by atoms with Gasteiger partial charge in [0.1, 0.15) is 0 Å². The van der Waals surface area contributed by atoms with Crippen LogP contribution in [0.15, 0.2) is 72.8 Å². The van der Waals surface area contributed by atoms with Crippen molar-refractivity contribution in [1.82, 2.24) is 9.80 Å². The SMILES string of the molecule is O=C(Cc1ccccc1Cl)N1CCN(Cc2ccccc2)CCCN(C(=O)C2CC2)c2cc(Cl)ccc2C1. The average Bonchev–Trinajstić information content (AvgIpc) is 3.76. The Morgan fingerprint density at radius 1 is 0.842 bits per heavy atom. The van der Waals surface area contributed by atoms with E-state index in [1.54, 1.807) is 0 Å². The molecule has 5 nitrogen and oxygen atoms in total. The van der Waals surface area contributed by atoms with Crippen molar-refractivity contribution in [2.24, 2.45) is 5.92 Å². The van der Waals surface area contributed by atoms with Crippen LogP contribution in [0.2, 0.25) is 10.0 Å². The molecule has 3 aromatic carbocycles. The Hall–Kier alpha value is -2.86. The monoisotopic (exact) mass is 549 g/mol. The lowest BCUT2D eigenvalue weighted by Crippen LogP contribution is -2.39. The highest BCUT2D eigenvalue weighted by molar-refractivity contribution is 6.31. The van der Waals surface area contributed by atoms with Crippen molar-refractivity contribution in [2.45, 2.75) is 38.8 Å². The molecule has 0 aromatic heterocycles. The Kier molecular flexibility index (Phi) is 8.68. The predicted octanol–water partition coefficient (Wildman–Crippen LogP) is 6.21. The quantitative estimate of drug-likeness (QED) is 0.379. The van der Waals surface area contributed by atoms with E-state index in [1.807, 2.05) is 58.3 Å². The van der Waals surface area contributed by atoms with Gasteiger partial charge in [0.15, 0.2) is 0 Å². The van der Waals surface area contributed by atoms with Crippen LogP contribution in [0.25, 0.3) is 0 Å². The van der Waals surface area contributed by atoms with Crippen LogP contribution >= 0.6 is 23.2 Å². The van der Waals surface area contributed by atoms with Gasteiger partial charge in [-0.2, -0.15) is 0 Å². The second-order valence-corrected chi connectivity index (χ2v) is 11.1. The minimum absolute atomic E-state index is 0.0120. The number of halogens is 2. The van der Waals surface area contributed by atoms with Crippen LogP contribution in [-0.2, 0) is 29.1 Å². The third-order valence-corrected chi connectivity index (χ3v) is 7.94. The summed E-state index contributed by atoms with van der Waals surface area (Å²) in [5.41, 5.74) is 3.81. The third-order valence-electron chi connectivity index (χ3n) is 7.34. The van der Waals surface area contributed by atoms with E-state index in [1.165, 1.54) is 5.56 Å². The molecule has 0 atom stereocenters. The van der Waals surface area contributed by atoms with Gasteiger partial charge in [-0.1, -0.05) is 77.8 Å². The van der Waals surface area contributed by atoms with Crippen molar-refractivity contribution in [3.8, 4) is 0 Å². The fourth-order valence-corrected chi connectivity index (χ4v) is 5.43. The van der Waals surface area contributed by atoms with Gasteiger partial charge in [-0.15, -0.1) is 0 Å². The zero-order chi connectivity index (χ0) is 26.5. The van der Waals surface area contributed by atoms with Gasteiger partial charge in [0.2, 0.25) is 11.8 Å². The van der Waals surface area contributed by atoms with E-state index in [-0.39, 0.29) is 24.2 Å². The van der Waals surface area contributed by atoms with Gasteiger partial charge in [0.05, 0.1) is 12.1 Å². The van der Waals surface area contributed by atoms with E-state index in [4.69, 9.17) is 23.2 Å². The molecule has 0 bridgehead atoms. The molecule has 198 valence electrons. The predicted molar refractivity (Wildman–Crippen MR) is 153 cm³/mol. The number of nitrogens with zero attached hydrogens (tertiary/aromatic N) is 3. The lowest BCUT2D eigenvalue weighted by molar-refractivity contribution is -0.131. The Morgan fingerprint density at radius 2 is 1.61 bits per heavy atom. The maximum atomic E-state index is 13.7. The molecule has 3 aromatic rings. The van der Waals surface area contributed by atoms with Gasteiger partial charge in [0, 0.05) is 55.2 Å². The molecule has 0 spiro atoms. The first-order valence-corrected chi connectivity index (χ1v) is 14.1. The first kappa shape index (κ1) is 26.7. The van der Waals surface area contributed by atoms with Crippen molar-refractivity contribution in [3.05, 3.63) is 99.5 Å². The summed E-state index contributed by atoms with van der Waals surface area (Å²) in [6.45, 7) is 3.97. The first-order chi connectivity index (χ1) is 18.5. The molecule has 0 N–H and O–H groups in total. The molecule has 0 saturated heterocycles. The molecule has 2 amide bonds. The van der Waals surface area contributed by atoms with Gasteiger partial charge in [0.25, 0.3) is 0 Å². The molecule has 1 fully saturated rings.